The van der Waals surface area contributed by atoms with Gasteiger partial charge in [0, 0.05) is 27.3 Å². The molecule has 2 aromatic carbocycles. The number of benzene rings is 2. The number of carbonyl (C=O) groups excluding carboxylic acids is 2. The van der Waals surface area contributed by atoms with Crippen molar-refractivity contribution in [2.45, 2.75) is 0 Å². The van der Waals surface area contributed by atoms with Crippen LogP contribution < -0.4 is 9.64 Å². The third kappa shape index (κ3) is 4.76. The molecule has 0 saturated carbocycles. The van der Waals surface area contributed by atoms with Gasteiger partial charge in [0.1, 0.15) is 17.3 Å². The highest BCUT2D eigenvalue weighted by Gasteiger charge is 2.42. The van der Waals surface area contributed by atoms with E-state index in [1.807, 2.05) is 0 Å². The number of rotatable bonds is 10. The number of imide groups is 1. The molecular formula is C23H25FN2O5. The lowest BCUT2D eigenvalue weighted by Gasteiger charge is -2.25. The Hall–Kier alpha value is -3.23. The zero-order valence-corrected chi connectivity index (χ0v) is 17.8. The molecule has 0 radical (unpaired) electrons. The average molecular weight is 428 g/mol. The number of carbonyl (C=O) groups is 2. The first kappa shape index (κ1) is 22.5. The molecule has 2 aromatic rings. The van der Waals surface area contributed by atoms with Crippen molar-refractivity contribution < 1.29 is 28.2 Å². The number of halogens is 1. The molecule has 0 bridgehead atoms. The summed E-state index contributed by atoms with van der Waals surface area (Å²) in [6.45, 7) is 1.51. The molecule has 31 heavy (non-hydrogen) atoms. The van der Waals surface area contributed by atoms with Gasteiger partial charge in [0.05, 0.1) is 31.6 Å². The Morgan fingerprint density at radius 1 is 0.839 bits per heavy atom. The normalized spacial score (nSPS) is 13.9. The van der Waals surface area contributed by atoms with Gasteiger partial charge < -0.3 is 19.1 Å². The molecule has 0 saturated heterocycles. The van der Waals surface area contributed by atoms with Gasteiger partial charge >= 0.3 is 0 Å². The largest absolute Gasteiger partial charge is 0.497 e. The van der Waals surface area contributed by atoms with Crippen molar-refractivity contribution in [3.63, 3.8) is 0 Å². The fraction of sp³-hybridized carbons (Fsp3) is 0.304. The van der Waals surface area contributed by atoms with Crippen molar-refractivity contribution in [2.75, 3.05) is 52.5 Å². The second-order valence-electron chi connectivity index (χ2n) is 6.85. The average Bonchev–Trinajstić information content (AvgIpc) is 3.04. The molecule has 0 N–H and O–H groups in total. The molecule has 0 aliphatic carbocycles. The van der Waals surface area contributed by atoms with E-state index in [-0.39, 0.29) is 11.3 Å². The summed E-state index contributed by atoms with van der Waals surface area (Å²) in [5.74, 6) is -0.770. The van der Waals surface area contributed by atoms with Gasteiger partial charge in [-0.25, -0.2) is 9.29 Å². The topological polar surface area (TPSA) is 68.3 Å². The fourth-order valence-electron chi connectivity index (χ4n) is 3.39. The summed E-state index contributed by atoms with van der Waals surface area (Å²) in [5.41, 5.74) is 1.41. The third-order valence-corrected chi connectivity index (χ3v) is 4.97. The molecular weight excluding hydrogens is 403 g/mol. The van der Waals surface area contributed by atoms with Crippen LogP contribution in [-0.2, 0) is 19.1 Å². The molecule has 0 atom stereocenters. The summed E-state index contributed by atoms with van der Waals surface area (Å²) in [4.78, 5) is 29.8. The molecule has 164 valence electrons. The Labute approximate surface area is 180 Å². The molecule has 1 heterocycles. The lowest BCUT2D eigenvalue weighted by molar-refractivity contribution is -0.120. The molecule has 2 amide bonds. The Kier molecular flexibility index (Phi) is 7.38. The molecule has 1 aliphatic heterocycles. The van der Waals surface area contributed by atoms with E-state index in [0.29, 0.717) is 43.3 Å². The minimum absolute atomic E-state index is 0.258. The second-order valence-corrected chi connectivity index (χ2v) is 6.85. The molecule has 0 aromatic heterocycles. The van der Waals surface area contributed by atoms with Crippen LogP contribution in [0, 0.1) is 5.82 Å². The number of ether oxygens (including phenoxy) is 3. The molecule has 3 rings (SSSR count). The zero-order chi connectivity index (χ0) is 22.4. The number of anilines is 1. The van der Waals surface area contributed by atoms with Crippen molar-refractivity contribution in [2.24, 2.45) is 0 Å². The Bertz CT molecular complexity index is 949. The highest BCUT2D eigenvalue weighted by molar-refractivity contribution is 6.45. The predicted molar refractivity (Wildman–Crippen MR) is 114 cm³/mol. The molecule has 8 heteroatoms. The van der Waals surface area contributed by atoms with Crippen LogP contribution in [0.5, 0.6) is 5.75 Å². The first-order valence-electron chi connectivity index (χ1n) is 9.77. The van der Waals surface area contributed by atoms with E-state index in [2.05, 4.69) is 0 Å². The summed E-state index contributed by atoms with van der Waals surface area (Å²) in [6, 6.07) is 12.2. The van der Waals surface area contributed by atoms with Gasteiger partial charge in [0.15, 0.2) is 0 Å². The lowest BCUT2D eigenvalue weighted by atomic mass is 10.0. The number of amides is 2. The highest BCUT2D eigenvalue weighted by atomic mass is 19.1. The minimum Gasteiger partial charge on any atom is -0.497 e. The molecule has 0 unspecified atom stereocenters. The van der Waals surface area contributed by atoms with Crippen LogP contribution in [0.3, 0.4) is 0 Å². The Balaban J connectivity index is 2.10. The summed E-state index contributed by atoms with van der Waals surface area (Å²) < 4.78 is 29.0. The van der Waals surface area contributed by atoms with Crippen LogP contribution >= 0.6 is 0 Å². The summed E-state index contributed by atoms with van der Waals surface area (Å²) >= 11 is 0. The monoisotopic (exact) mass is 428 g/mol. The van der Waals surface area contributed by atoms with Crippen molar-refractivity contribution in [1.82, 2.24) is 4.90 Å². The second kappa shape index (κ2) is 10.2. The third-order valence-electron chi connectivity index (χ3n) is 4.97. The van der Waals surface area contributed by atoms with Crippen molar-refractivity contribution in [3.05, 3.63) is 65.6 Å². The lowest BCUT2D eigenvalue weighted by Crippen LogP contribution is -2.37. The summed E-state index contributed by atoms with van der Waals surface area (Å²) in [6.07, 6.45) is 0. The summed E-state index contributed by atoms with van der Waals surface area (Å²) in [7, 11) is 4.69. The van der Waals surface area contributed by atoms with Gasteiger partial charge in [-0.1, -0.05) is 12.1 Å². The van der Waals surface area contributed by atoms with Gasteiger partial charge in [-0.15, -0.1) is 0 Å². The number of hydrogen-bond acceptors (Lipinski definition) is 6. The fourth-order valence-corrected chi connectivity index (χ4v) is 3.39. The van der Waals surface area contributed by atoms with E-state index in [4.69, 9.17) is 14.2 Å². The highest BCUT2D eigenvalue weighted by Crippen LogP contribution is 2.35. The number of nitrogens with zero attached hydrogens (tertiary/aromatic N) is 2. The van der Waals surface area contributed by atoms with Crippen LogP contribution in [0.2, 0.25) is 0 Å². The predicted octanol–water partition coefficient (Wildman–Crippen LogP) is 2.71. The van der Waals surface area contributed by atoms with Crippen LogP contribution in [0.4, 0.5) is 10.1 Å². The van der Waals surface area contributed by atoms with Crippen LogP contribution in [0.1, 0.15) is 5.56 Å². The van der Waals surface area contributed by atoms with Crippen molar-refractivity contribution in [1.29, 1.82) is 0 Å². The van der Waals surface area contributed by atoms with E-state index in [1.54, 1.807) is 50.5 Å². The maximum atomic E-state index is 13.5. The van der Waals surface area contributed by atoms with Gasteiger partial charge in [0.25, 0.3) is 11.8 Å². The van der Waals surface area contributed by atoms with E-state index in [9.17, 15) is 14.0 Å². The van der Waals surface area contributed by atoms with Gasteiger partial charge in [-0.3, -0.25) is 9.59 Å². The first-order valence-corrected chi connectivity index (χ1v) is 9.77. The van der Waals surface area contributed by atoms with Gasteiger partial charge in [0.2, 0.25) is 0 Å². The maximum absolute atomic E-state index is 13.5. The molecule has 1 aliphatic rings. The van der Waals surface area contributed by atoms with Crippen molar-refractivity contribution in [3.8, 4) is 5.75 Å². The van der Waals surface area contributed by atoms with Crippen molar-refractivity contribution >= 4 is 23.1 Å². The maximum Gasteiger partial charge on any atom is 0.282 e. The van der Waals surface area contributed by atoms with E-state index in [0.717, 1.165) is 4.90 Å². The molecule has 0 spiro atoms. The first-order chi connectivity index (χ1) is 15.0. The van der Waals surface area contributed by atoms with Crippen LogP contribution in [0.15, 0.2) is 54.2 Å². The summed E-state index contributed by atoms with van der Waals surface area (Å²) in [5, 5.41) is 0. The van der Waals surface area contributed by atoms with Gasteiger partial charge in [-0.05, 0) is 42.0 Å². The van der Waals surface area contributed by atoms with E-state index >= 15 is 0 Å². The Morgan fingerprint density at radius 2 is 1.42 bits per heavy atom. The molecule has 7 nitrogen and oxygen atoms in total. The quantitative estimate of drug-likeness (QED) is 0.542. The molecule has 0 fully saturated rings. The number of methoxy groups -OCH3 is 3. The van der Waals surface area contributed by atoms with Crippen LogP contribution in [0.25, 0.3) is 5.57 Å². The minimum atomic E-state index is -0.477. The van der Waals surface area contributed by atoms with E-state index in [1.165, 1.54) is 24.3 Å². The van der Waals surface area contributed by atoms with Crippen LogP contribution in [-0.4, -0.2) is 64.3 Å². The zero-order valence-electron chi connectivity index (χ0n) is 17.8. The standard InChI is InChI=1S/C23H25FN2O5/c1-29-14-12-25(13-15-30-2)21-20(16-4-10-19(31-3)11-5-16)22(27)26(23(21)28)18-8-6-17(24)7-9-18/h4-11H,12-15H2,1-3H3. The number of hydrogen-bond donors (Lipinski definition) is 0. The smallest absolute Gasteiger partial charge is 0.282 e. The van der Waals surface area contributed by atoms with E-state index < -0.39 is 17.6 Å². The Morgan fingerprint density at radius 3 is 1.94 bits per heavy atom. The SMILES string of the molecule is COCCN(CCOC)C1=C(c2ccc(OC)cc2)C(=O)N(c2ccc(F)cc2)C1=O. The van der Waals surface area contributed by atoms with Gasteiger partial charge in [-0.2, -0.15) is 0 Å².